The van der Waals surface area contributed by atoms with E-state index in [-0.39, 0.29) is 6.04 Å². The Labute approximate surface area is 127 Å². The molecular weight excluding hydrogens is 316 g/mol. The summed E-state index contributed by atoms with van der Waals surface area (Å²) in [6, 6.07) is 8.51. The molecule has 1 atom stereocenters. The van der Waals surface area contributed by atoms with Crippen LogP contribution in [0.5, 0.6) is 5.75 Å². The smallest absolute Gasteiger partial charge is 0.122 e. The molecule has 0 saturated carbocycles. The number of nitrogens with zero attached hydrogens (tertiary/aromatic N) is 1. The second-order valence-corrected chi connectivity index (χ2v) is 6.04. The quantitative estimate of drug-likeness (QED) is 0.933. The molecule has 0 saturated heterocycles. The minimum absolute atomic E-state index is 0.0181. The van der Waals surface area contributed by atoms with Crippen LogP contribution >= 0.6 is 15.9 Å². The Morgan fingerprint density at radius 3 is 3.05 bits per heavy atom. The molecule has 1 aromatic carbocycles. The fourth-order valence-electron chi connectivity index (χ4n) is 2.52. The Hall–Kier alpha value is -1.39. The van der Waals surface area contributed by atoms with Gasteiger partial charge < -0.3 is 10.5 Å². The number of hydrogen-bond acceptors (Lipinski definition) is 3. The van der Waals surface area contributed by atoms with Gasteiger partial charge in [0.25, 0.3) is 0 Å². The van der Waals surface area contributed by atoms with Crippen LogP contribution in [-0.2, 0) is 12.8 Å². The lowest BCUT2D eigenvalue weighted by Crippen LogP contribution is -2.11. The van der Waals surface area contributed by atoms with Crippen LogP contribution in [0.2, 0.25) is 0 Å². The van der Waals surface area contributed by atoms with E-state index in [0.717, 1.165) is 41.7 Å². The summed E-state index contributed by atoms with van der Waals surface area (Å²) in [7, 11) is 0. The van der Waals surface area contributed by atoms with E-state index >= 15 is 0 Å². The van der Waals surface area contributed by atoms with Crippen molar-refractivity contribution in [3.05, 3.63) is 57.8 Å². The van der Waals surface area contributed by atoms with E-state index in [0.29, 0.717) is 0 Å². The van der Waals surface area contributed by atoms with Gasteiger partial charge >= 0.3 is 0 Å². The van der Waals surface area contributed by atoms with Gasteiger partial charge in [-0.1, -0.05) is 12.1 Å². The molecule has 3 nitrogen and oxygen atoms in total. The molecule has 0 amide bonds. The first-order valence-corrected chi connectivity index (χ1v) is 7.62. The van der Waals surface area contributed by atoms with Crippen molar-refractivity contribution in [2.75, 3.05) is 6.61 Å². The third kappa shape index (κ3) is 3.02. The fraction of sp³-hybridized carbons (Fsp3) is 0.312. The molecule has 0 aliphatic carbocycles. The van der Waals surface area contributed by atoms with E-state index in [4.69, 9.17) is 10.5 Å². The zero-order valence-corrected chi connectivity index (χ0v) is 12.8. The molecule has 0 bridgehead atoms. The standard InChI is InChI=1S/C16H17BrN2O/c17-14-8-13(9-19-10-14)15(18)3-1-11-2-4-16-12(7-11)5-6-20-16/h2,4,7-10,15H,1,3,5-6,18H2. The van der Waals surface area contributed by atoms with Crippen LogP contribution in [0.1, 0.15) is 29.2 Å². The average Bonchev–Trinajstić information content (AvgIpc) is 2.92. The number of rotatable bonds is 4. The lowest BCUT2D eigenvalue weighted by atomic mass is 9.99. The second-order valence-electron chi connectivity index (χ2n) is 5.12. The Morgan fingerprint density at radius 2 is 2.20 bits per heavy atom. The molecule has 0 fully saturated rings. The van der Waals surface area contributed by atoms with Crippen LogP contribution < -0.4 is 10.5 Å². The summed E-state index contributed by atoms with van der Waals surface area (Å²) in [6.07, 6.45) is 6.52. The summed E-state index contributed by atoms with van der Waals surface area (Å²) < 4.78 is 6.50. The number of aromatic nitrogens is 1. The van der Waals surface area contributed by atoms with Crippen LogP contribution in [0.4, 0.5) is 0 Å². The Morgan fingerprint density at radius 1 is 1.30 bits per heavy atom. The molecule has 4 heteroatoms. The van der Waals surface area contributed by atoms with E-state index in [1.165, 1.54) is 11.1 Å². The van der Waals surface area contributed by atoms with Gasteiger partial charge in [-0.05, 0) is 57.6 Å². The van der Waals surface area contributed by atoms with Gasteiger partial charge in [0.2, 0.25) is 0 Å². The number of pyridine rings is 1. The Kier molecular flexibility index (Phi) is 4.03. The fourth-order valence-corrected chi connectivity index (χ4v) is 2.90. The number of fused-ring (bicyclic) bond motifs is 1. The van der Waals surface area contributed by atoms with Crippen LogP contribution in [0.25, 0.3) is 0 Å². The van der Waals surface area contributed by atoms with E-state index in [2.05, 4.69) is 39.1 Å². The van der Waals surface area contributed by atoms with E-state index in [9.17, 15) is 0 Å². The number of aryl methyl sites for hydroxylation is 1. The van der Waals surface area contributed by atoms with E-state index in [1.807, 2.05) is 12.3 Å². The van der Waals surface area contributed by atoms with Gasteiger partial charge in [-0.2, -0.15) is 0 Å². The van der Waals surface area contributed by atoms with Gasteiger partial charge in [-0.25, -0.2) is 0 Å². The highest BCUT2D eigenvalue weighted by Crippen LogP contribution is 2.27. The highest BCUT2D eigenvalue weighted by molar-refractivity contribution is 9.10. The Balaban J connectivity index is 1.64. The van der Waals surface area contributed by atoms with Crippen molar-refractivity contribution < 1.29 is 4.74 Å². The van der Waals surface area contributed by atoms with Gasteiger partial charge in [-0.3, -0.25) is 4.98 Å². The first kappa shape index (κ1) is 13.6. The maximum absolute atomic E-state index is 6.24. The summed E-state index contributed by atoms with van der Waals surface area (Å²) in [6.45, 7) is 0.808. The number of hydrogen-bond donors (Lipinski definition) is 1. The van der Waals surface area contributed by atoms with Crippen molar-refractivity contribution >= 4 is 15.9 Å². The lowest BCUT2D eigenvalue weighted by Gasteiger charge is -2.12. The molecule has 2 aromatic rings. The van der Waals surface area contributed by atoms with Crippen LogP contribution in [0.15, 0.2) is 41.1 Å². The first-order chi connectivity index (χ1) is 9.72. The minimum atomic E-state index is 0.0181. The summed E-state index contributed by atoms with van der Waals surface area (Å²) in [5.74, 6) is 1.04. The third-order valence-corrected chi connectivity index (χ3v) is 4.09. The SMILES string of the molecule is NC(CCc1ccc2c(c1)CCO2)c1cncc(Br)c1. The number of benzene rings is 1. The molecule has 1 aliphatic rings. The maximum atomic E-state index is 6.24. The summed E-state index contributed by atoms with van der Waals surface area (Å²) in [4.78, 5) is 4.16. The zero-order chi connectivity index (χ0) is 13.9. The van der Waals surface area contributed by atoms with Gasteiger partial charge in [0.05, 0.1) is 6.61 Å². The molecule has 1 aliphatic heterocycles. The predicted molar refractivity (Wildman–Crippen MR) is 82.8 cm³/mol. The molecule has 0 radical (unpaired) electrons. The molecule has 2 N–H and O–H groups in total. The molecule has 104 valence electrons. The van der Waals surface area contributed by atoms with Crippen molar-refractivity contribution in [3.8, 4) is 5.75 Å². The highest BCUT2D eigenvalue weighted by Gasteiger charge is 2.13. The number of ether oxygens (including phenoxy) is 1. The Bertz CT molecular complexity index is 615. The first-order valence-electron chi connectivity index (χ1n) is 6.83. The topological polar surface area (TPSA) is 48.1 Å². The zero-order valence-electron chi connectivity index (χ0n) is 11.2. The van der Waals surface area contributed by atoms with Crippen molar-refractivity contribution in [2.24, 2.45) is 5.73 Å². The largest absolute Gasteiger partial charge is 0.493 e. The molecular formula is C16H17BrN2O. The van der Waals surface area contributed by atoms with E-state index in [1.54, 1.807) is 6.20 Å². The normalized spacial score (nSPS) is 14.7. The molecule has 1 aromatic heterocycles. The molecule has 1 unspecified atom stereocenters. The average molecular weight is 333 g/mol. The van der Waals surface area contributed by atoms with Crippen molar-refractivity contribution in [3.63, 3.8) is 0 Å². The maximum Gasteiger partial charge on any atom is 0.122 e. The highest BCUT2D eigenvalue weighted by atomic mass is 79.9. The van der Waals surface area contributed by atoms with Crippen molar-refractivity contribution in [1.82, 2.24) is 4.98 Å². The van der Waals surface area contributed by atoms with Crippen molar-refractivity contribution in [1.29, 1.82) is 0 Å². The lowest BCUT2D eigenvalue weighted by molar-refractivity contribution is 0.357. The van der Waals surface area contributed by atoms with E-state index < -0.39 is 0 Å². The number of halogens is 1. The minimum Gasteiger partial charge on any atom is -0.493 e. The van der Waals surface area contributed by atoms with Gasteiger partial charge in [-0.15, -0.1) is 0 Å². The summed E-state index contributed by atoms with van der Waals surface area (Å²) in [5, 5.41) is 0. The van der Waals surface area contributed by atoms with Crippen LogP contribution in [0.3, 0.4) is 0 Å². The molecule has 2 heterocycles. The van der Waals surface area contributed by atoms with Crippen LogP contribution in [-0.4, -0.2) is 11.6 Å². The monoisotopic (exact) mass is 332 g/mol. The van der Waals surface area contributed by atoms with Gasteiger partial charge in [0.1, 0.15) is 5.75 Å². The van der Waals surface area contributed by atoms with Gasteiger partial charge in [0, 0.05) is 29.3 Å². The second kappa shape index (κ2) is 5.94. The van der Waals surface area contributed by atoms with Crippen molar-refractivity contribution in [2.45, 2.75) is 25.3 Å². The summed E-state index contributed by atoms with van der Waals surface area (Å²) in [5.41, 5.74) is 9.96. The molecule has 20 heavy (non-hydrogen) atoms. The number of nitrogens with two attached hydrogens (primary N) is 1. The third-order valence-electron chi connectivity index (χ3n) is 3.65. The molecule has 0 spiro atoms. The summed E-state index contributed by atoms with van der Waals surface area (Å²) >= 11 is 3.43. The predicted octanol–water partition coefficient (Wildman–Crippen LogP) is 3.41. The van der Waals surface area contributed by atoms with Gasteiger partial charge in [0.15, 0.2) is 0 Å². The van der Waals surface area contributed by atoms with Crippen LogP contribution in [0, 0.1) is 0 Å². The molecule has 3 rings (SSSR count).